The fourth-order valence-electron chi connectivity index (χ4n) is 7.37. The van der Waals surface area contributed by atoms with E-state index in [9.17, 15) is 75.7 Å². The average molecular weight is 1140 g/mol. The zero-order valence-electron chi connectivity index (χ0n) is 41.1. The van der Waals surface area contributed by atoms with E-state index in [1.54, 1.807) is 6.92 Å². The summed E-state index contributed by atoms with van der Waals surface area (Å²) in [5, 5.41) is 24.1. The van der Waals surface area contributed by atoms with Crippen LogP contribution in [-0.4, -0.2) is 175 Å². The number of aliphatic hydroxyl groups excluding tert-OH is 2. The third-order valence-corrected chi connectivity index (χ3v) is 15.2. The van der Waals surface area contributed by atoms with Gasteiger partial charge in [0.25, 0.3) is 0 Å². The number of alkyl carbamates (subject to hydrolysis) is 2. The maximum atomic E-state index is 14.9. The number of anilines is 2. The number of aromatic nitrogens is 4. The molecule has 3 fully saturated rings. The summed E-state index contributed by atoms with van der Waals surface area (Å²) in [6.45, 7) is -1.05. The minimum absolute atomic E-state index is 0.00358. The first-order valence-corrected chi connectivity index (χ1v) is 25.6. The number of alkyl halides is 4. The van der Waals surface area contributed by atoms with Crippen molar-refractivity contribution in [3.8, 4) is 0 Å². The van der Waals surface area contributed by atoms with Crippen LogP contribution in [0.5, 0.6) is 0 Å². The first-order chi connectivity index (χ1) is 36.3. The van der Waals surface area contributed by atoms with E-state index in [4.69, 9.17) is 44.6 Å². The molecule has 8 N–H and O–H groups in total. The van der Waals surface area contributed by atoms with Crippen molar-refractivity contribution in [1.29, 1.82) is 0 Å². The van der Waals surface area contributed by atoms with Crippen molar-refractivity contribution >= 4 is 82.7 Å². The fraction of sp³-hybridized carbons (Fsp3) is 0.636. The Labute approximate surface area is 442 Å². The Balaban J connectivity index is 1.04. The van der Waals surface area contributed by atoms with Gasteiger partial charge in [0.2, 0.25) is 24.3 Å². The normalized spacial score (nSPS) is 23.8. The third-order valence-electron chi connectivity index (χ3n) is 11.9. The Bertz CT molecular complexity index is 2600. The summed E-state index contributed by atoms with van der Waals surface area (Å²) < 4.78 is 94.8. The highest BCUT2D eigenvalue weighted by Crippen LogP contribution is 2.44. The van der Waals surface area contributed by atoms with Crippen molar-refractivity contribution in [2.24, 2.45) is 11.8 Å². The van der Waals surface area contributed by atoms with Crippen molar-refractivity contribution in [3.05, 3.63) is 45.5 Å². The van der Waals surface area contributed by atoms with E-state index in [-0.39, 0.29) is 78.3 Å². The van der Waals surface area contributed by atoms with Gasteiger partial charge < -0.3 is 54.8 Å². The third kappa shape index (κ3) is 17.1. The second kappa shape index (κ2) is 27.9. The van der Waals surface area contributed by atoms with E-state index >= 15 is 0 Å². The van der Waals surface area contributed by atoms with E-state index in [0.717, 1.165) is 24.5 Å². The molecule has 4 amide bonds. The van der Waals surface area contributed by atoms with E-state index in [0.29, 0.717) is 22.0 Å². The SMILES string of the molecule is CCC(CSC1CCC1SCC(CC(=O)CCOCCC(C)=O)C(=O)NC(=O)OCC(=O)OC[C@@H]1O[C@H](n2ccc(N)nc2=O)C(F)(F)[C@H]1O)C(=O)NC(=O)OCC(=O)OC[C@@H]1O[C@H](n2ccc(N)nc2=O)C(F)(F)[C@H]1O. The van der Waals surface area contributed by atoms with Gasteiger partial charge in [-0.25, -0.2) is 28.8 Å². The number of thioether (sulfide) groups is 2. The number of hydrogen-bond acceptors (Lipinski definition) is 25. The largest absolute Gasteiger partial charge is 0.460 e. The van der Waals surface area contributed by atoms with E-state index < -0.39 is 140 Å². The molecule has 10 atom stereocenters. The first-order valence-electron chi connectivity index (χ1n) is 23.5. The van der Waals surface area contributed by atoms with Gasteiger partial charge in [-0.3, -0.25) is 38.9 Å². The van der Waals surface area contributed by atoms with Crippen LogP contribution in [0.3, 0.4) is 0 Å². The maximum Gasteiger partial charge on any atom is 0.414 e. The van der Waals surface area contributed by atoms with Crippen LogP contribution in [0.1, 0.15) is 64.8 Å². The van der Waals surface area contributed by atoms with Crippen LogP contribution < -0.4 is 33.5 Å². The molecule has 0 spiro atoms. The summed E-state index contributed by atoms with van der Waals surface area (Å²) in [5.41, 5.74) is 8.38. The highest BCUT2D eigenvalue weighted by Gasteiger charge is 2.61. The van der Waals surface area contributed by atoms with Crippen molar-refractivity contribution in [3.63, 3.8) is 0 Å². The van der Waals surface area contributed by atoms with Crippen LogP contribution in [-0.2, 0) is 61.9 Å². The van der Waals surface area contributed by atoms with Crippen LogP contribution in [0, 0.1) is 11.8 Å². The number of imide groups is 2. The van der Waals surface area contributed by atoms with Crippen LogP contribution in [0.2, 0.25) is 0 Å². The molecule has 4 heterocycles. The number of nitrogen functional groups attached to an aromatic ring is 2. The number of ketones is 2. The number of nitrogens with zero attached hydrogens (tertiary/aromatic N) is 4. The number of nitrogens with one attached hydrogen (secondary N) is 2. The molecule has 77 heavy (non-hydrogen) atoms. The predicted octanol–water partition coefficient (Wildman–Crippen LogP) is 0.0286. The lowest BCUT2D eigenvalue weighted by Gasteiger charge is -2.37. The number of carbonyl (C=O) groups is 8. The number of carbonyl (C=O) groups excluding carboxylic acids is 8. The van der Waals surface area contributed by atoms with E-state index in [1.165, 1.54) is 30.4 Å². The highest BCUT2D eigenvalue weighted by molar-refractivity contribution is 8.04. The van der Waals surface area contributed by atoms with Gasteiger partial charge in [0.1, 0.15) is 48.6 Å². The molecule has 27 nitrogen and oxygen atoms in total. The second-order valence-corrected chi connectivity index (χ2v) is 20.1. The number of ether oxygens (including phenoxy) is 7. The van der Waals surface area contributed by atoms with E-state index in [1.807, 2.05) is 10.6 Å². The number of Topliss-reactive ketones (excluding diaryl/α,β-unsaturated/α-hetero) is 2. The lowest BCUT2D eigenvalue weighted by atomic mass is 9.99. The summed E-state index contributed by atoms with van der Waals surface area (Å²) >= 11 is 2.70. The number of rotatable bonds is 27. The molecule has 5 rings (SSSR count). The van der Waals surface area contributed by atoms with Gasteiger partial charge in [0.15, 0.2) is 25.4 Å². The second-order valence-electron chi connectivity index (χ2n) is 17.6. The van der Waals surface area contributed by atoms with Crippen LogP contribution in [0.25, 0.3) is 0 Å². The number of amides is 4. The van der Waals surface area contributed by atoms with E-state index in [2.05, 4.69) is 9.97 Å². The van der Waals surface area contributed by atoms with Crippen molar-refractivity contribution in [2.45, 2.75) is 112 Å². The molecule has 33 heteroatoms. The zero-order valence-corrected chi connectivity index (χ0v) is 42.7. The molecule has 0 aromatic carbocycles. The topological polar surface area (TPSA) is 388 Å². The fourth-order valence-corrected chi connectivity index (χ4v) is 10.8. The molecule has 2 aliphatic heterocycles. The Morgan fingerprint density at radius 3 is 1.57 bits per heavy atom. The summed E-state index contributed by atoms with van der Waals surface area (Å²) in [7, 11) is 0. The molecule has 2 aromatic rings. The molecular formula is C44H56F4N8O19S2. The number of hydrogen-bond donors (Lipinski definition) is 6. The van der Waals surface area contributed by atoms with Gasteiger partial charge >= 0.3 is 47.3 Å². The molecule has 1 aliphatic carbocycles. The van der Waals surface area contributed by atoms with Gasteiger partial charge in [-0.1, -0.05) is 6.92 Å². The Kier molecular flexibility index (Phi) is 22.3. The molecule has 2 aromatic heterocycles. The van der Waals surface area contributed by atoms with Crippen molar-refractivity contribution in [2.75, 3.05) is 62.6 Å². The lowest BCUT2D eigenvalue weighted by molar-refractivity contribution is -0.154. The van der Waals surface area contributed by atoms with Crippen molar-refractivity contribution < 1.29 is 99.3 Å². The Hall–Kier alpha value is -6.26. The van der Waals surface area contributed by atoms with Gasteiger partial charge in [-0.2, -0.15) is 51.1 Å². The standard InChI is InChI=1S/C44H56F4N8O19S2/c1-3-22(35(63)53-41(67)72-17-31(59)70-15-25-33(61)43(45,46)37(74-25)55-10-6-29(49)51-39(55)65)19-76-27-4-5-28(27)77-20-23(14-24(58)9-13-69-12-8-21(2)57)36(64)54-42(68)73-18-32(60)71-16-26-34(62)44(47,48)38(75-26)56-11-7-30(50)52-40(56)66/h6-7,10-11,22-23,25-28,33-34,37-38,61-62H,3-5,8-9,12-20H2,1-2H3,(H2,49,51,65)(H2,50,52,66)(H,53,63,67)(H,54,64,68)/t22?,23?,25-,26-,27?,28?,33-,34-,37-,38-/m0/s1. The first kappa shape index (κ1) is 61.6. The lowest BCUT2D eigenvalue weighted by Crippen LogP contribution is -2.42. The van der Waals surface area contributed by atoms with Crippen LogP contribution >= 0.6 is 23.5 Å². The van der Waals surface area contributed by atoms with Crippen LogP contribution in [0.4, 0.5) is 38.8 Å². The monoisotopic (exact) mass is 1140 g/mol. The quantitative estimate of drug-likeness (QED) is 0.0297. The number of esters is 2. The summed E-state index contributed by atoms with van der Waals surface area (Å²) in [6.07, 6.45) is -13.2. The minimum Gasteiger partial charge on any atom is -0.460 e. The Morgan fingerprint density at radius 1 is 0.727 bits per heavy atom. The smallest absolute Gasteiger partial charge is 0.414 e. The predicted molar refractivity (Wildman–Crippen MR) is 256 cm³/mol. The van der Waals surface area contributed by atoms with Gasteiger partial charge in [0, 0.05) is 59.6 Å². The molecule has 2 saturated heterocycles. The summed E-state index contributed by atoms with van der Waals surface area (Å²) in [5.74, 6) is -15.1. The molecular weight excluding hydrogens is 1080 g/mol. The Morgan fingerprint density at radius 2 is 1.16 bits per heavy atom. The summed E-state index contributed by atoms with van der Waals surface area (Å²) in [4.78, 5) is 131. The van der Waals surface area contributed by atoms with Crippen LogP contribution in [0.15, 0.2) is 34.1 Å². The molecule has 4 unspecified atom stereocenters. The molecule has 0 bridgehead atoms. The molecule has 1 saturated carbocycles. The van der Waals surface area contributed by atoms with Gasteiger partial charge in [0.05, 0.1) is 19.1 Å². The maximum absolute atomic E-state index is 14.9. The number of halogens is 4. The minimum atomic E-state index is -4.05. The van der Waals surface area contributed by atoms with Crippen molar-refractivity contribution in [1.82, 2.24) is 29.7 Å². The summed E-state index contributed by atoms with van der Waals surface area (Å²) in [6, 6.07) is 2.09. The molecule has 3 aliphatic rings. The highest BCUT2D eigenvalue weighted by atomic mass is 32.2. The number of nitrogens with two attached hydrogens (primary N) is 2. The average Bonchev–Trinajstić information content (AvgIpc) is 3.73. The molecule has 0 radical (unpaired) electrons. The molecule has 426 valence electrons. The number of aliphatic hydroxyl groups is 2. The zero-order chi connectivity index (χ0) is 56.8. The van der Waals surface area contributed by atoms with Gasteiger partial charge in [-0.15, -0.1) is 0 Å². The van der Waals surface area contributed by atoms with Gasteiger partial charge in [-0.05, 0) is 38.3 Å².